The van der Waals surface area contributed by atoms with Gasteiger partial charge in [0.2, 0.25) is 0 Å². The van der Waals surface area contributed by atoms with E-state index in [1.54, 1.807) is 5.57 Å². The van der Waals surface area contributed by atoms with Crippen LogP contribution in [0.25, 0.3) is 0 Å². The van der Waals surface area contributed by atoms with Gasteiger partial charge < -0.3 is 10.2 Å². The molecule has 16 heavy (non-hydrogen) atoms. The van der Waals surface area contributed by atoms with Crippen molar-refractivity contribution in [3.8, 4) is 0 Å². The second-order valence-electron chi connectivity index (χ2n) is 5.22. The van der Waals surface area contributed by atoms with Gasteiger partial charge in [-0.05, 0) is 51.6 Å². The summed E-state index contributed by atoms with van der Waals surface area (Å²) in [5, 5.41) is 3.63. The topological polar surface area (TPSA) is 15.3 Å². The lowest BCUT2D eigenvalue weighted by molar-refractivity contribution is 0.268. The van der Waals surface area contributed by atoms with Gasteiger partial charge in [0.25, 0.3) is 0 Å². The van der Waals surface area contributed by atoms with Crippen molar-refractivity contribution >= 4 is 0 Å². The van der Waals surface area contributed by atoms with Gasteiger partial charge in [-0.2, -0.15) is 0 Å². The zero-order valence-corrected chi connectivity index (χ0v) is 10.7. The van der Waals surface area contributed by atoms with Crippen LogP contribution >= 0.6 is 0 Å². The molecule has 0 bridgehead atoms. The van der Waals surface area contributed by atoms with Gasteiger partial charge in [0.1, 0.15) is 0 Å². The third-order valence-electron chi connectivity index (χ3n) is 3.94. The highest BCUT2D eigenvalue weighted by Gasteiger charge is 2.16. The summed E-state index contributed by atoms with van der Waals surface area (Å²) in [5.74, 6) is 0. The van der Waals surface area contributed by atoms with E-state index in [9.17, 15) is 0 Å². The average molecular weight is 222 g/mol. The molecule has 1 fully saturated rings. The predicted octanol–water partition coefficient (Wildman–Crippen LogP) is 2.56. The van der Waals surface area contributed by atoms with Crippen LogP contribution in [0.1, 0.15) is 45.4 Å². The summed E-state index contributed by atoms with van der Waals surface area (Å²) < 4.78 is 0. The minimum absolute atomic E-state index is 0.722. The van der Waals surface area contributed by atoms with Crippen LogP contribution in [0.3, 0.4) is 0 Å². The minimum atomic E-state index is 0.722. The third-order valence-corrected chi connectivity index (χ3v) is 3.94. The molecule has 92 valence electrons. The second kappa shape index (κ2) is 6.41. The van der Waals surface area contributed by atoms with E-state index in [1.165, 1.54) is 64.7 Å². The summed E-state index contributed by atoms with van der Waals surface area (Å²) in [6, 6.07) is 0.722. The molecular formula is C14H26N2. The van der Waals surface area contributed by atoms with Gasteiger partial charge in [0, 0.05) is 19.1 Å². The SMILES string of the molecule is CCC1CN(CCC2=CCCC2)CCCN1. The molecule has 2 heteroatoms. The Bertz CT molecular complexity index is 235. The molecule has 1 aliphatic heterocycles. The first kappa shape index (κ1) is 12.1. The smallest absolute Gasteiger partial charge is 0.0192 e. The molecule has 0 aromatic rings. The van der Waals surface area contributed by atoms with Gasteiger partial charge in [-0.3, -0.25) is 0 Å². The van der Waals surface area contributed by atoms with Crippen LogP contribution in [0.5, 0.6) is 0 Å². The highest BCUT2D eigenvalue weighted by atomic mass is 15.2. The van der Waals surface area contributed by atoms with Crippen molar-refractivity contribution in [1.29, 1.82) is 0 Å². The first-order valence-corrected chi connectivity index (χ1v) is 7.02. The number of hydrogen-bond donors (Lipinski definition) is 1. The van der Waals surface area contributed by atoms with E-state index in [1.807, 2.05) is 0 Å². The zero-order chi connectivity index (χ0) is 11.2. The van der Waals surface area contributed by atoms with Gasteiger partial charge in [0.05, 0.1) is 0 Å². The highest BCUT2D eigenvalue weighted by molar-refractivity contribution is 5.07. The van der Waals surface area contributed by atoms with Gasteiger partial charge in [-0.25, -0.2) is 0 Å². The van der Waals surface area contributed by atoms with E-state index < -0.39 is 0 Å². The molecule has 1 N–H and O–H groups in total. The van der Waals surface area contributed by atoms with Crippen LogP contribution in [-0.4, -0.2) is 37.1 Å². The molecule has 2 aliphatic rings. The molecule has 2 nitrogen and oxygen atoms in total. The molecule has 0 aromatic carbocycles. The van der Waals surface area contributed by atoms with Gasteiger partial charge >= 0.3 is 0 Å². The maximum Gasteiger partial charge on any atom is 0.0192 e. The molecule has 0 aromatic heterocycles. The van der Waals surface area contributed by atoms with Crippen molar-refractivity contribution in [2.75, 3.05) is 26.2 Å². The Balaban J connectivity index is 1.74. The molecular weight excluding hydrogens is 196 g/mol. The van der Waals surface area contributed by atoms with Crippen LogP contribution in [0.2, 0.25) is 0 Å². The Kier molecular flexibility index (Phi) is 4.86. The number of allylic oxidation sites excluding steroid dienone is 1. The Labute approximate surface area is 100 Å². The van der Waals surface area contributed by atoms with Crippen LogP contribution in [0.4, 0.5) is 0 Å². The summed E-state index contributed by atoms with van der Waals surface area (Å²) in [7, 11) is 0. The monoisotopic (exact) mass is 222 g/mol. The lowest BCUT2D eigenvalue weighted by Gasteiger charge is -2.23. The van der Waals surface area contributed by atoms with E-state index in [0.29, 0.717) is 0 Å². The number of nitrogens with zero attached hydrogens (tertiary/aromatic N) is 1. The van der Waals surface area contributed by atoms with E-state index in [0.717, 1.165) is 6.04 Å². The minimum Gasteiger partial charge on any atom is -0.313 e. The standard InChI is InChI=1S/C14H26N2/c1-2-14-12-16(10-5-9-15-14)11-8-13-6-3-4-7-13/h6,14-15H,2-5,7-12H2,1H3. The van der Waals surface area contributed by atoms with Crippen LogP contribution in [0.15, 0.2) is 11.6 Å². The summed E-state index contributed by atoms with van der Waals surface area (Å²) >= 11 is 0. The fourth-order valence-electron chi connectivity index (χ4n) is 2.82. The van der Waals surface area contributed by atoms with Crippen molar-refractivity contribution in [2.24, 2.45) is 0 Å². The van der Waals surface area contributed by atoms with Crippen molar-refractivity contribution in [3.63, 3.8) is 0 Å². The molecule has 1 saturated heterocycles. The van der Waals surface area contributed by atoms with E-state index in [-0.39, 0.29) is 0 Å². The lowest BCUT2D eigenvalue weighted by Crippen LogP contribution is -2.37. The van der Waals surface area contributed by atoms with Crippen LogP contribution < -0.4 is 5.32 Å². The molecule has 0 spiro atoms. The van der Waals surface area contributed by atoms with Gasteiger partial charge in [-0.1, -0.05) is 18.6 Å². The fourth-order valence-corrected chi connectivity index (χ4v) is 2.82. The molecule has 1 unspecified atom stereocenters. The molecule has 0 amide bonds. The first-order chi connectivity index (χ1) is 7.88. The molecule has 0 saturated carbocycles. The largest absolute Gasteiger partial charge is 0.313 e. The number of rotatable bonds is 4. The molecule has 1 heterocycles. The lowest BCUT2D eigenvalue weighted by atomic mass is 10.1. The Hall–Kier alpha value is -0.340. The molecule has 1 aliphatic carbocycles. The number of hydrogen-bond acceptors (Lipinski definition) is 2. The predicted molar refractivity (Wildman–Crippen MR) is 69.7 cm³/mol. The van der Waals surface area contributed by atoms with Gasteiger partial charge in [0.15, 0.2) is 0 Å². The highest BCUT2D eigenvalue weighted by Crippen LogP contribution is 2.21. The first-order valence-electron chi connectivity index (χ1n) is 7.02. The second-order valence-corrected chi connectivity index (χ2v) is 5.22. The molecule has 1 atom stereocenters. The Morgan fingerprint density at radius 3 is 3.12 bits per heavy atom. The van der Waals surface area contributed by atoms with Crippen molar-refractivity contribution in [1.82, 2.24) is 10.2 Å². The Morgan fingerprint density at radius 1 is 1.44 bits per heavy atom. The average Bonchev–Trinajstić information content (AvgIpc) is 2.71. The van der Waals surface area contributed by atoms with Crippen molar-refractivity contribution in [2.45, 2.75) is 51.5 Å². The molecule has 0 radical (unpaired) electrons. The summed E-state index contributed by atoms with van der Waals surface area (Å²) in [4.78, 5) is 2.66. The zero-order valence-electron chi connectivity index (χ0n) is 10.7. The summed E-state index contributed by atoms with van der Waals surface area (Å²) in [5.41, 5.74) is 1.71. The van der Waals surface area contributed by atoms with E-state index in [2.05, 4.69) is 23.2 Å². The van der Waals surface area contributed by atoms with E-state index >= 15 is 0 Å². The maximum atomic E-state index is 3.63. The Morgan fingerprint density at radius 2 is 2.38 bits per heavy atom. The number of nitrogens with one attached hydrogen (secondary N) is 1. The summed E-state index contributed by atoms with van der Waals surface area (Å²) in [6.45, 7) is 7.32. The molecule has 2 rings (SSSR count). The normalized spacial score (nSPS) is 27.8. The van der Waals surface area contributed by atoms with Crippen molar-refractivity contribution < 1.29 is 0 Å². The van der Waals surface area contributed by atoms with Crippen LogP contribution in [-0.2, 0) is 0 Å². The van der Waals surface area contributed by atoms with Crippen LogP contribution in [0, 0.1) is 0 Å². The third kappa shape index (κ3) is 3.60. The fraction of sp³-hybridized carbons (Fsp3) is 0.857. The maximum absolute atomic E-state index is 3.63. The quantitative estimate of drug-likeness (QED) is 0.735. The van der Waals surface area contributed by atoms with Gasteiger partial charge in [-0.15, -0.1) is 0 Å². The van der Waals surface area contributed by atoms with E-state index in [4.69, 9.17) is 0 Å². The van der Waals surface area contributed by atoms with Crippen molar-refractivity contribution in [3.05, 3.63) is 11.6 Å². The summed E-state index contributed by atoms with van der Waals surface area (Å²) in [6.07, 6.45) is 10.4.